The first-order valence-corrected chi connectivity index (χ1v) is 9.80. The van der Waals surface area contributed by atoms with Crippen LogP contribution < -0.4 is 5.32 Å². The fourth-order valence-corrected chi connectivity index (χ4v) is 4.41. The van der Waals surface area contributed by atoms with Gasteiger partial charge in [-0.3, -0.25) is 14.5 Å². The molecule has 0 saturated heterocycles. The zero-order chi connectivity index (χ0) is 19.0. The fraction of sp³-hybridized carbons (Fsp3) is 0.524. The number of nitrogens with one attached hydrogen (secondary N) is 1. The first-order valence-electron chi connectivity index (χ1n) is 9.80. The molecule has 1 fully saturated rings. The summed E-state index contributed by atoms with van der Waals surface area (Å²) in [5.74, 6) is -0.800. The van der Waals surface area contributed by atoms with Gasteiger partial charge in [0, 0.05) is 23.0 Å². The molecular formula is C21H26N2O4. The number of benzene rings is 1. The van der Waals surface area contributed by atoms with Crippen LogP contribution in [0.4, 0.5) is 0 Å². The number of rotatable bonds is 7. The molecule has 0 radical (unpaired) electrons. The average molecular weight is 370 g/mol. The first-order chi connectivity index (χ1) is 13.0. The fourth-order valence-electron chi connectivity index (χ4n) is 4.41. The molecule has 2 N–H and O–H groups in total. The molecule has 2 aromatic rings. The van der Waals surface area contributed by atoms with E-state index in [2.05, 4.69) is 17.4 Å². The van der Waals surface area contributed by atoms with Crippen LogP contribution in [-0.4, -0.2) is 47.1 Å². The van der Waals surface area contributed by atoms with Gasteiger partial charge in [0.05, 0.1) is 19.2 Å². The Morgan fingerprint density at radius 2 is 2.00 bits per heavy atom. The van der Waals surface area contributed by atoms with Gasteiger partial charge >= 0.3 is 5.97 Å². The highest BCUT2D eigenvalue weighted by Crippen LogP contribution is 2.31. The number of amides is 1. The molecule has 1 amide bonds. The molecular weight excluding hydrogens is 344 g/mol. The number of furan rings is 1. The first kappa shape index (κ1) is 18.0. The van der Waals surface area contributed by atoms with E-state index in [4.69, 9.17) is 9.52 Å². The summed E-state index contributed by atoms with van der Waals surface area (Å²) < 4.78 is 5.68. The van der Waals surface area contributed by atoms with Crippen LogP contribution in [0.25, 0.3) is 11.0 Å². The number of carboxylic acids is 1. The van der Waals surface area contributed by atoms with Crippen molar-refractivity contribution in [3.63, 3.8) is 0 Å². The molecule has 6 heteroatoms. The van der Waals surface area contributed by atoms with Crippen molar-refractivity contribution in [3.8, 4) is 0 Å². The number of aryl methyl sites for hydroxylation is 2. The average Bonchev–Trinajstić information content (AvgIpc) is 3.20. The van der Waals surface area contributed by atoms with Crippen molar-refractivity contribution < 1.29 is 19.1 Å². The minimum atomic E-state index is -0.803. The van der Waals surface area contributed by atoms with Crippen LogP contribution in [0.2, 0.25) is 0 Å². The molecule has 6 nitrogen and oxygen atoms in total. The van der Waals surface area contributed by atoms with Gasteiger partial charge in [0.15, 0.2) is 0 Å². The third-order valence-electron chi connectivity index (χ3n) is 5.96. The molecule has 0 bridgehead atoms. The number of nitrogens with zero attached hydrogens (tertiary/aromatic N) is 1. The van der Waals surface area contributed by atoms with E-state index in [0.717, 1.165) is 42.2 Å². The minimum Gasteiger partial charge on any atom is -0.480 e. The molecule has 0 atom stereocenters. The highest BCUT2D eigenvalue weighted by atomic mass is 16.4. The van der Waals surface area contributed by atoms with Gasteiger partial charge in [-0.1, -0.05) is 6.92 Å². The zero-order valence-electron chi connectivity index (χ0n) is 15.7. The summed E-state index contributed by atoms with van der Waals surface area (Å²) in [5.41, 5.74) is 4.56. The molecule has 27 heavy (non-hydrogen) atoms. The summed E-state index contributed by atoms with van der Waals surface area (Å²) in [4.78, 5) is 25.3. The van der Waals surface area contributed by atoms with Gasteiger partial charge in [-0.15, -0.1) is 0 Å². The van der Waals surface area contributed by atoms with Crippen molar-refractivity contribution in [2.24, 2.45) is 0 Å². The van der Waals surface area contributed by atoms with Crippen LogP contribution >= 0.6 is 0 Å². The number of hydrogen-bond donors (Lipinski definition) is 2. The number of carboxylic acid groups (broad SMARTS) is 1. The Morgan fingerprint density at radius 1 is 1.26 bits per heavy atom. The van der Waals surface area contributed by atoms with E-state index in [9.17, 15) is 9.59 Å². The van der Waals surface area contributed by atoms with Gasteiger partial charge < -0.3 is 14.8 Å². The van der Waals surface area contributed by atoms with Gasteiger partial charge in [0.25, 0.3) is 0 Å². The van der Waals surface area contributed by atoms with Crippen LogP contribution in [0.5, 0.6) is 0 Å². The number of carbonyl (C=O) groups is 2. The lowest BCUT2D eigenvalue weighted by molar-refractivity contribution is -0.139. The Labute approximate surface area is 158 Å². The second-order valence-corrected chi connectivity index (χ2v) is 7.75. The highest BCUT2D eigenvalue weighted by molar-refractivity contribution is 5.88. The zero-order valence-corrected chi connectivity index (χ0v) is 15.7. The molecule has 1 saturated carbocycles. The molecule has 2 aliphatic carbocycles. The number of aliphatic carboxylic acids is 1. The van der Waals surface area contributed by atoms with Crippen molar-refractivity contribution in [1.29, 1.82) is 0 Å². The third kappa shape index (κ3) is 3.72. The highest BCUT2D eigenvalue weighted by Gasteiger charge is 2.34. The Kier molecular flexibility index (Phi) is 4.91. The molecule has 0 aliphatic heterocycles. The smallest absolute Gasteiger partial charge is 0.317 e. The van der Waals surface area contributed by atoms with E-state index < -0.39 is 5.97 Å². The van der Waals surface area contributed by atoms with Gasteiger partial charge in [-0.05, 0) is 61.9 Å². The third-order valence-corrected chi connectivity index (χ3v) is 5.96. The number of carbonyl (C=O) groups excluding carboxylic acids is 1. The molecule has 0 unspecified atom stereocenters. The summed E-state index contributed by atoms with van der Waals surface area (Å²) in [6, 6.07) is 4.69. The summed E-state index contributed by atoms with van der Waals surface area (Å²) in [7, 11) is 0. The van der Waals surface area contributed by atoms with Gasteiger partial charge in [0.2, 0.25) is 5.91 Å². The van der Waals surface area contributed by atoms with E-state index >= 15 is 0 Å². The minimum absolute atomic E-state index is 0.00271. The summed E-state index contributed by atoms with van der Waals surface area (Å²) in [5, 5.41) is 13.1. The second-order valence-electron chi connectivity index (χ2n) is 7.75. The van der Waals surface area contributed by atoms with Crippen LogP contribution in [-0.2, 0) is 28.9 Å². The van der Waals surface area contributed by atoms with Crippen LogP contribution in [0.1, 0.15) is 42.9 Å². The maximum absolute atomic E-state index is 12.5. The van der Waals surface area contributed by atoms with Gasteiger partial charge in [-0.25, -0.2) is 0 Å². The predicted molar refractivity (Wildman–Crippen MR) is 102 cm³/mol. The number of likely N-dealkylation sites (N-methyl/N-ethyl adjacent to an activating group) is 1. The topological polar surface area (TPSA) is 82.8 Å². The van der Waals surface area contributed by atoms with E-state index in [1.807, 2.05) is 11.8 Å². The molecule has 1 aromatic carbocycles. The van der Waals surface area contributed by atoms with E-state index in [-0.39, 0.29) is 24.5 Å². The van der Waals surface area contributed by atoms with Crippen molar-refractivity contribution in [1.82, 2.24) is 10.2 Å². The van der Waals surface area contributed by atoms with Crippen LogP contribution in [0.3, 0.4) is 0 Å². The van der Waals surface area contributed by atoms with Gasteiger partial charge in [0.1, 0.15) is 5.58 Å². The lowest BCUT2D eigenvalue weighted by atomic mass is 9.85. The summed E-state index contributed by atoms with van der Waals surface area (Å²) in [6.45, 7) is 2.74. The van der Waals surface area contributed by atoms with E-state index in [1.165, 1.54) is 17.5 Å². The van der Waals surface area contributed by atoms with Gasteiger partial charge in [-0.2, -0.15) is 0 Å². The van der Waals surface area contributed by atoms with E-state index in [1.54, 1.807) is 6.26 Å². The summed E-state index contributed by atoms with van der Waals surface area (Å²) >= 11 is 0. The molecule has 2 aliphatic rings. The molecule has 0 spiro atoms. The molecule has 1 aromatic heterocycles. The van der Waals surface area contributed by atoms with Crippen LogP contribution in [0.15, 0.2) is 22.8 Å². The maximum Gasteiger partial charge on any atom is 0.317 e. The summed E-state index contributed by atoms with van der Waals surface area (Å²) in [6.07, 6.45) is 7.06. The van der Waals surface area contributed by atoms with Crippen molar-refractivity contribution >= 4 is 22.8 Å². The van der Waals surface area contributed by atoms with Crippen molar-refractivity contribution in [2.75, 3.05) is 13.1 Å². The SMILES string of the molecule is CCN(CC(=O)O)C1CC(NC(=O)Cc2coc3cc4c(cc23)CCC4)C1. The van der Waals surface area contributed by atoms with E-state index in [0.29, 0.717) is 13.0 Å². The van der Waals surface area contributed by atoms with Crippen molar-refractivity contribution in [3.05, 3.63) is 35.1 Å². The number of fused-ring (bicyclic) bond motifs is 2. The Balaban J connectivity index is 1.33. The second kappa shape index (κ2) is 7.35. The van der Waals surface area contributed by atoms with Crippen LogP contribution in [0, 0.1) is 0 Å². The Morgan fingerprint density at radius 3 is 2.70 bits per heavy atom. The molecule has 4 rings (SSSR count). The Hall–Kier alpha value is -2.34. The Bertz CT molecular complexity index is 866. The maximum atomic E-state index is 12.5. The monoisotopic (exact) mass is 370 g/mol. The lowest BCUT2D eigenvalue weighted by Gasteiger charge is -2.42. The number of hydrogen-bond acceptors (Lipinski definition) is 4. The lowest BCUT2D eigenvalue weighted by Crippen LogP contribution is -2.55. The quantitative estimate of drug-likeness (QED) is 0.783. The molecule has 144 valence electrons. The van der Waals surface area contributed by atoms with Crippen molar-refractivity contribution in [2.45, 2.75) is 57.5 Å². The molecule has 1 heterocycles. The predicted octanol–water partition coefficient (Wildman–Crippen LogP) is 2.52. The normalized spacial score (nSPS) is 21.3. The largest absolute Gasteiger partial charge is 0.480 e. The standard InChI is InChI=1S/C21H26N2O4/c1-2-23(11-21(25)26)17-9-16(10-17)22-20(24)8-15-12-27-19-7-14-5-3-4-13(14)6-18(15)19/h6-7,12,16-17H,2-5,8-11H2,1H3,(H,22,24)(H,25,26).